The van der Waals surface area contributed by atoms with Crippen molar-refractivity contribution < 1.29 is 9.21 Å². The number of rotatable bonds is 5. The summed E-state index contributed by atoms with van der Waals surface area (Å²) in [4.78, 5) is 15.7. The zero-order valence-corrected chi connectivity index (χ0v) is 9.98. The fourth-order valence-corrected chi connectivity index (χ4v) is 1.89. The first-order valence-corrected chi connectivity index (χ1v) is 6.18. The molecule has 1 saturated carbocycles. The van der Waals surface area contributed by atoms with Gasteiger partial charge in [-0.1, -0.05) is 0 Å². The third-order valence-electron chi connectivity index (χ3n) is 3.04. The standard InChI is InChI=1S/C13H15N3O2/c17-13(9-1-2-9)16-7-6-15-12-10-4-8-18-11(10)3-5-14-12/h3-5,8-9H,1-2,6-7H2,(H,14,15)(H,16,17). The molecule has 94 valence electrons. The largest absolute Gasteiger partial charge is 0.464 e. The molecule has 2 N–H and O–H groups in total. The molecule has 1 fully saturated rings. The van der Waals surface area contributed by atoms with Gasteiger partial charge in [0.25, 0.3) is 0 Å². The van der Waals surface area contributed by atoms with Crippen molar-refractivity contribution in [2.45, 2.75) is 12.8 Å². The van der Waals surface area contributed by atoms with Crippen molar-refractivity contribution in [3.8, 4) is 0 Å². The van der Waals surface area contributed by atoms with Crippen LogP contribution in [-0.4, -0.2) is 24.0 Å². The SMILES string of the molecule is O=C(NCCNc1nccc2occc12)C1CC1. The van der Waals surface area contributed by atoms with E-state index in [1.165, 1.54) is 0 Å². The van der Waals surface area contributed by atoms with Crippen LogP contribution in [0, 0.1) is 5.92 Å². The normalized spacial score (nSPS) is 14.7. The lowest BCUT2D eigenvalue weighted by Crippen LogP contribution is -2.29. The molecule has 2 aromatic heterocycles. The van der Waals surface area contributed by atoms with Crippen LogP contribution >= 0.6 is 0 Å². The Labute approximate surface area is 105 Å². The predicted molar refractivity (Wildman–Crippen MR) is 68.2 cm³/mol. The van der Waals surface area contributed by atoms with Gasteiger partial charge in [-0.15, -0.1) is 0 Å². The Balaban J connectivity index is 1.53. The number of pyridine rings is 1. The van der Waals surface area contributed by atoms with Crippen LogP contribution in [0.4, 0.5) is 5.82 Å². The highest BCUT2D eigenvalue weighted by Crippen LogP contribution is 2.28. The van der Waals surface area contributed by atoms with E-state index in [1.54, 1.807) is 12.5 Å². The van der Waals surface area contributed by atoms with Gasteiger partial charge in [0.15, 0.2) is 0 Å². The molecule has 1 aliphatic rings. The highest BCUT2D eigenvalue weighted by atomic mass is 16.3. The molecule has 18 heavy (non-hydrogen) atoms. The number of carbonyl (C=O) groups is 1. The molecular weight excluding hydrogens is 230 g/mol. The third kappa shape index (κ3) is 2.30. The summed E-state index contributed by atoms with van der Waals surface area (Å²) in [6.45, 7) is 1.28. The molecule has 0 saturated heterocycles. The number of anilines is 1. The van der Waals surface area contributed by atoms with Crippen LogP contribution in [0.1, 0.15) is 12.8 Å². The van der Waals surface area contributed by atoms with Crippen molar-refractivity contribution in [1.82, 2.24) is 10.3 Å². The van der Waals surface area contributed by atoms with Gasteiger partial charge in [0.2, 0.25) is 5.91 Å². The van der Waals surface area contributed by atoms with Crippen molar-refractivity contribution in [1.29, 1.82) is 0 Å². The average molecular weight is 245 g/mol. The summed E-state index contributed by atoms with van der Waals surface area (Å²) in [5.74, 6) is 1.23. The minimum atomic E-state index is 0.172. The molecule has 1 amide bonds. The monoisotopic (exact) mass is 245 g/mol. The van der Waals surface area contributed by atoms with Gasteiger partial charge in [0.1, 0.15) is 11.4 Å². The molecule has 3 rings (SSSR count). The molecule has 0 aromatic carbocycles. The van der Waals surface area contributed by atoms with Crippen molar-refractivity contribution in [2.75, 3.05) is 18.4 Å². The molecule has 0 radical (unpaired) electrons. The third-order valence-corrected chi connectivity index (χ3v) is 3.04. The number of nitrogens with one attached hydrogen (secondary N) is 2. The lowest BCUT2D eigenvalue weighted by atomic mass is 10.3. The Hall–Kier alpha value is -2.04. The Morgan fingerprint density at radius 1 is 1.39 bits per heavy atom. The molecule has 1 aliphatic carbocycles. The maximum atomic E-state index is 11.4. The Morgan fingerprint density at radius 3 is 3.11 bits per heavy atom. The van der Waals surface area contributed by atoms with Crippen molar-refractivity contribution in [2.24, 2.45) is 5.92 Å². The molecule has 0 bridgehead atoms. The highest BCUT2D eigenvalue weighted by molar-refractivity contribution is 5.87. The summed E-state index contributed by atoms with van der Waals surface area (Å²) >= 11 is 0. The van der Waals surface area contributed by atoms with E-state index in [9.17, 15) is 4.79 Å². The molecule has 2 aromatic rings. The quantitative estimate of drug-likeness (QED) is 0.788. The fraction of sp³-hybridized carbons (Fsp3) is 0.385. The zero-order valence-electron chi connectivity index (χ0n) is 9.98. The average Bonchev–Trinajstić information content (AvgIpc) is 3.12. The van der Waals surface area contributed by atoms with E-state index in [0.717, 1.165) is 29.6 Å². The van der Waals surface area contributed by atoms with Gasteiger partial charge in [-0.2, -0.15) is 0 Å². The van der Waals surface area contributed by atoms with Gasteiger partial charge >= 0.3 is 0 Å². The van der Waals surface area contributed by atoms with E-state index in [4.69, 9.17) is 4.42 Å². The summed E-state index contributed by atoms with van der Waals surface area (Å²) in [7, 11) is 0. The van der Waals surface area contributed by atoms with Gasteiger partial charge in [0.05, 0.1) is 11.6 Å². The van der Waals surface area contributed by atoms with Gasteiger partial charge in [-0.05, 0) is 25.0 Å². The Kier molecular flexibility index (Phi) is 2.88. The molecule has 0 atom stereocenters. The van der Waals surface area contributed by atoms with Crippen molar-refractivity contribution in [3.05, 3.63) is 24.6 Å². The fourth-order valence-electron chi connectivity index (χ4n) is 1.89. The topological polar surface area (TPSA) is 67.2 Å². The number of carbonyl (C=O) groups excluding carboxylic acids is 1. The van der Waals surface area contributed by atoms with Crippen molar-refractivity contribution >= 4 is 22.7 Å². The second-order valence-corrected chi connectivity index (χ2v) is 4.48. The van der Waals surface area contributed by atoms with Crippen LogP contribution in [-0.2, 0) is 4.79 Å². The highest BCUT2D eigenvalue weighted by Gasteiger charge is 2.28. The minimum Gasteiger partial charge on any atom is -0.464 e. The minimum absolute atomic E-state index is 0.172. The first-order valence-electron chi connectivity index (χ1n) is 6.18. The number of amides is 1. The van der Waals surface area contributed by atoms with Crippen LogP contribution in [0.25, 0.3) is 11.0 Å². The maximum Gasteiger partial charge on any atom is 0.223 e. The smallest absolute Gasteiger partial charge is 0.223 e. The van der Waals surface area contributed by atoms with E-state index in [0.29, 0.717) is 13.1 Å². The molecule has 0 aliphatic heterocycles. The Morgan fingerprint density at radius 2 is 2.28 bits per heavy atom. The number of aromatic nitrogens is 1. The summed E-state index contributed by atoms with van der Waals surface area (Å²) in [5, 5.41) is 7.07. The summed E-state index contributed by atoms with van der Waals surface area (Å²) < 4.78 is 5.29. The first kappa shape index (κ1) is 11.1. The number of fused-ring (bicyclic) bond motifs is 1. The second kappa shape index (κ2) is 4.68. The van der Waals surface area contributed by atoms with E-state index in [1.807, 2.05) is 12.1 Å². The maximum absolute atomic E-state index is 11.4. The molecule has 2 heterocycles. The number of hydrogen-bond acceptors (Lipinski definition) is 4. The van der Waals surface area contributed by atoms with Crippen LogP contribution in [0.2, 0.25) is 0 Å². The van der Waals surface area contributed by atoms with E-state index in [-0.39, 0.29) is 11.8 Å². The number of hydrogen-bond donors (Lipinski definition) is 2. The number of nitrogens with zero attached hydrogens (tertiary/aromatic N) is 1. The van der Waals surface area contributed by atoms with E-state index < -0.39 is 0 Å². The molecule has 0 unspecified atom stereocenters. The first-order chi connectivity index (χ1) is 8.84. The van der Waals surface area contributed by atoms with Gasteiger partial charge in [-0.25, -0.2) is 4.98 Å². The predicted octanol–water partition coefficient (Wildman–Crippen LogP) is 1.77. The molecular formula is C13H15N3O2. The van der Waals surface area contributed by atoms with E-state index >= 15 is 0 Å². The summed E-state index contributed by atoms with van der Waals surface area (Å²) in [5.41, 5.74) is 0.814. The van der Waals surface area contributed by atoms with Crippen LogP contribution < -0.4 is 10.6 Å². The van der Waals surface area contributed by atoms with Crippen molar-refractivity contribution in [3.63, 3.8) is 0 Å². The van der Waals surface area contributed by atoms with Gasteiger partial charge in [0, 0.05) is 25.2 Å². The Bertz CT molecular complexity index is 560. The lowest BCUT2D eigenvalue weighted by molar-refractivity contribution is -0.122. The van der Waals surface area contributed by atoms with Crippen LogP contribution in [0.5, 0.6) is 0 Å². The molecule has 5 heteroatoms. The number of furan rings is 1. The van der Waals surface area contributed by atoms with Gasteiger partial charge in [-0.3, -0.25) is 4.79 Å². The van der Waals surface area contributed by atoms with Crippen LogP contribution in [0.3, 0.4) is 0 Å². The van der Waals surface area contributed by atoms with Gasteiger partial charge < -0.3 is 15.1 Å². The lowest BCUT2D eigenvalue weighted by Gasteiger charge is -2.07. The molecule has 5 nitrogen and oxygen atoms in total. The zero-order chi connectivity index (χ0) is 12.4. The summed E-state index contributed by atoms with van der Waals surface area (Å²) in [6, 6.07) is 3.71. The summed E-state index contributed by atoms with van der Waals surface area (Å²) in [6.07, 6.45) is 5.42. The van der Waals surface area contributed by atoms with Crippen LogP contribution in [0.15, 0.2) is 29.0 Å². The second-order valence-electron chi connectivity index (χ2n) is 4.48. The molecule has 0 spiro atoms. The van der Waals surface area contributed by atoms with E-state index in [2.05, 4.69) is 15.6 Å².